The Morgan fingerprint density at radius 2 is 2.20 bits per heavy atom. The Morgan fingerprint density at radius 1 is 1.40 bits per heavy atom. The fourth-order valence-corrected chi connectivity index (χ4v) is 2.21. The van der Waals surface area contributed by atoms with Crippen molar-refractivity contribution in [2.75, 3.05) is 19.8 Å². The van der Waals surface area contributed by atoms with E-state index in [9.17, 15) is 9.59 Å². The number of nitrogens with zero attached hydrogens (tertiary/aromatic N) is 1. The van der Waals surface area contributed by atoms with Gasteiger partial charge < -0.3 is 19.5 Å². The Balaban J connectivity index is 2.07. The van der Waals surface area contributed by atoms with E-state index in [4.69, 9.17) is 14.6 Å². The van der Waals surface area contributed by atoms with E-state index in [1.807, 2.05) is 6.07 Å². The molecule has 1 aromatic carbocycles. The molecule has 0 radical (unpaired) electrons. The van der Waals surface area contributed by atoms with E-state index in [0.29, 0.717) is 31.9 Å². The second-order valence-corrected chi connectivity index (χ2v) is 4.44. The van der Waals surface area contributed by atoms with Crippen LogP contribution in [0.15, 0.2) is 18.2 Å². The summed E-state index contributed by atoms with van der Waals surface area (Å²) in [6, 6.07) is 5.46. The molecule has 1 aliphatic rings. The van der Waals surface area contributed by atoms with Gasteiger partial charge in [0.05, 0.1) is 6.61 Å². The van der Waals surface area contributed by atoms with E-state index < -0.39 is 12.1 Å². The van der Waals surface area contributed by atoms with Gasteiger partial charge >= 0.3 is 12.1 Å². The highest BCUT2D eigenvalue weighted by molar-refractivity contribution is 5.71. The van der Waals surface area contributed by atoms with E-state index >= 15 is 0 Å². The van der Waals surface area contributed by atoms with Gasteiger partial charge in [-0.3, -0.25) is 0 Å². The van der Waals surface area contributed by atoms with Gasteiger partial charge in [-0.05, 0) is 25.0 Å². The van der Waals surface area contributed by atoms with Crippen LogP contribution in [0.1, 0.15) is 18.1 Å². The Bertz CT molecular complexity index is 514. The highest BCUT2D eigenvalue weighted by atomic mass is 16.6. The topological polar surface area (TPSA) is 76.1 Å². The minimum absolute atomic E-state index is 0.132. The molecule has 0 spiro atoms. The predicted octanol–water partition coefficient (Wildman–Crippen LogP) is 1.66. The molecule has 2 rings (SSSR count). The summed E-state index contributed by atoms with van der Waals surface area (Å²) >= 11 is 0. The zero-order valence-corrected chi connectivity index (χ0v) is 11.3. The van der Waals surface area contributed by atoms with Crippen molar-refractivity contribution in [1.82, 2.24) is 4.90 Å². The van der Waals surface area contributed by atoms with Gasteiger partial charge in [0, 0.05) is 18.7 Å². The van der Waals surface area contributed by atoms with Crippen molar-refractivity contribution in [3.05, 3.63) is 29.3 Å². The van der Waals surface area contributed by atoms with Crippen LogP contribution < -0.4 is 4.74 Å². The van der Waals surface area contributed by atoms with Gasteiger partial charge in [0.25, 0.3) is 0 Å². The minimum atomic E-state index is -0.923. The molecule has 0 fully saturated rings. The number of hydrogen-bond donors (Lipinski definition) is 1. The molecule has 0 unspecified atom stereocenters. The number of rotatable bonds is 4. The largest absolute Gasteiger partial charge is 0.482 e. The molecule has 0 saturated heterocycles. The number of hydrogen-bond acceptors (Lipinski definition) is 4. The van der Waals surface area contributed by atoms with E-state index in [1.54, 1.807) is 19.1 Å². The monoisotopic (exact) mass is 279 g/mol. The normalized spacial score (nSPS) is 13.6. The van der Waals surface area contributed by atoms with E-state index in [2.05, 4.69) is 0 Å². The van der Waals surface area contributed by atoms with Crippen molar-refractivity contribution in [3.8, 4) is 5.75 Å². The van der Waals surface area contributed by atoms with Crippen LogP contribution in [0.25, 0.3) is 0 Å². The maximum absolute atomic E-state index is 11.3. The lowest BCUT2D eigenvalue weighted by Gasteiger charge is -2.27. The van der Waals surface area contributed by atoms with Crippen molar-refractivity contribution in [2.45, 2.75) is 19.9 Å². The average molecular weight is 279 g/mol. The Kier molecular flexibility index (Phi) is 4.45. The van der Waals surface area contributed by atoms with Gasteiger partial charge in [-0.1, -0.05) is 12.1 Å². The van der Waals surface area contributed by atoms with Crippen LogP contribution in [0.3, 0.4) is 0 Å². The first-order valence-electron chi connectivity index (χ1n) is 6.49. The molecule has 0 bridgehead atoms. The first kappa shape index (κ1) is 14.2. The standard InChI is InChI=1S/C14H17NO5/c1-2-19-13(16)9-20-12-5-3-4-10-8-15(14(17)18)7-6-11(10)12/h3-5H,2,6-9H2,1H3,(H,17,18). The molecule has 108 valence electrons. The number of carbonyl (C=O) groups is 2. The Labute approximate surface area is 116 Å². The van der Waals surface area contributed by atoms with Gasteiger partial charge in [0.1, 0.15) is 5.75 Å². The summed E-state index contributed by atoms with van der Waals surface area (Å²) in [7, 11) is 0. The van der Waals surface area contributed by atoms with Crippen LogP contribution >= 0.6 is 0 Å². The number of esters is 1. The number of fused-ring (bicyclic) bond motifs is 1. The predicted molar refractivity (Wildman–Crippen MR) is 70.7 cm³/mol. The first-order valence-corrected chi connectivity index (χ1v) is 6.49. The molecule has 1 heterocycles. The first-order chi connectivity index (χ1) is 9.61. The third kappa shape index (κ3) is 3.20. The molecule has 6 nitrogen and oxygen atoms in total. The van der Waals surface area contributed by atoms with Crippen LogP contribution in [0, 0.1) is 0 Å². The molecule has 0 aliphatic carbocycles. The second kappa shape index (κ2) is 6.27. The number of benzene rings is 1. The third-order valence-corrected chi connectivity index (χ3v) is 3.14. The van der Waals surface area contributed by atoms with E-state index in [0.717, 1.165) is 11.1 Å². The maximum Gasteiger partial charge on any atom is 0.407 e. The molecule has 6 heteroatoms. The van der Waals surface area contributed by atoms with Crippen molar-refractivity contribution in [3.63, 3.8) is 0 Å². The van der Waals surface area contributed by atoms with Gasteiger partial charge in [-0.15, -0.1) is 0 Å². The number of amides is 1. The van der Waals surface area contributed by atoms with Crippen LogP contribution in [0.5, 0.6) is 5.75 Å². The summed E-state index contributed by atoms with van der Waals surface area (Å²) < 4.78 is 10.3. The van der Waals surface area contributed by atoms with Crippen molar-refractivity contribution < 1.29 is 24.2 Å². The lowest BCUT2D eigenvalue weighted by atomic mass is 9.99. The highest BCUT2D eigenvalue weighted by Gasteiger charge is 2.22. The molecule has 0 atom stereocenters. The number of carboxylic acid groups (broad SMARTS) is 1. The quantitative estimate of drug-likeness (QED) is 0.848. The lowest BCUT2D eigenvalue weighted by molar-refractivity contribution is -0.145. The van der Waals surface area contributed by atoms with E-state index in [1.165, 1.54) is 4.90 Å². The molecule has 20 heavy (non-hydrogen) atoms. The Hall–Kier alpha value is -2.24. The van der Waals surface area contributed by atoms with Crippen LogP contribution in [0.2, 0.25) is 0 Å². The minimum Gasteiger partial charge on any atom is -0.482 e. The summed E-state index contributed by atoms with van der Waals surface area (Å²) in [5.41, 5.74) is 1.88. The zero-order chi connectivity index (χ0) is 14.5. The van der Waals surface area contributed by atoms with Crippen LogP contribution in [-0.2, 0) is 22.5 Å². The molecule has 1 N–H and O–H groups in total. The number of carbonyl (C=O) groups excluding carboxylic acids is 1. The van der Waals surface area contributed by atoms with Gasteiger partial charge in [0.2, 0.25) is 0 Å². The highest BCUT2D eigenvalue weighted by Crippen LogP contribution is 2.28. The van der Waals surface area contributed by atoms with Crippen LogP contribution in [0.4, 0.5) is 4.79 Å². The molecular weight excluding hydrogens is 262 g/mol. The molecule has 1 aliphatic heterocycles. The third-order valence-electron chi connectivity index (χ3n) is 3.14. The summed E-state index contributed by atoms with van der Waals surface area (Å²) in [5.74, 6) is 0.216. The molecular formula is C14H17NO5. The van der Waals surface area contributed by atoms with E-state index in [-0.39, 0.29) is 6.61 Å². The zero-order valence-electron chi connectivity index (χ0n) is 11.3. The van der Waals surface area contributed by atoms with Gasteiger partial charge in [-0.25, -0.2) is 9.59 Å². The van der Waals surface area contributed by atoms with Crippen molar-refractivity contribution in [2.24, 2.45) is 0 Å². The molecule has 1 amide bonds. The fraction of sp³-hybridized carbons (Fsp3) is 0.429. The van der Waals surface area contributed by atoms with Crippen molar-refractivity contribution >= 4 is 12.1 Å². The Morgan fingerprint density at radius 3 is 2.90 bits per heavy atom. The van der Waals surface area contributed by atoms with Gasteiger partial charge in [0.15, 0.2) is 6.61 Å². The summed E-state index contributed by atoms with van der Waals surface area (Å²) in [6.45, 7) is 2.71. The number of ether oxygens (including phenoxy) is 2. The summed E-state index contributed by atoms with van der Waals surface area (Å²) in [4.78, 5) is 23.6. The van der Waals surface area contributed by atoms with Crippen LogP contribution in [-0.4, -0.2) is 41.8 Å². The molecule has 1 aromatic rings. The smallest absolute Gasteiger partial charge is 0.407 e. The maximum atomic E-state index is 11.3. The average Bonchev–Trinajstić information content (AvgIpc) is 2.44. The summed E-state index contributed by atoms with van der Waals surface area (Å²) in [5, 5.41) is 9.00. The molecule has 0 saturated carbocycles. The second-order valence-electron chi connectivity index (χ2n) is 4.44. The van der Waals surface area contributed by atoms with Gasteiger partial charge in [-0.2, -0.15) is 0 Å². The molecule has 0 aromatic heterocycles. The SMILES string of the molecule is CCOC(=O)COc1cccc2c1CCN(C(=O)O)C2. The fourth-order valence-electron chi connectivity index (χ4n) is 2.21. The summed E-state index contributed by atoms with van der Waals surface area (Å²) in [6.07, 6.45) is -0.339. The van der Waals surface area contributed by atoms with Crippen molar-refractivity contribution in [1.29, 1.82) is 0 Å². The lowest BCUT2D eigenvalue weighted by Crippen LogP contribution is -2.35.